The maximum absolute atomic E-state index is 11.9. The van der Waals surface area contributed by atoms with E-state index in [-0.39, 0.29) is 6.04 Å². The minimum atomic E-state index is -3.08. The molecule has 0 aliphatic heterocycles. The summed E-state index contributed by atoms with van der Waals surface area (Å²) in [6.45, 7) is 4.51. The molecule has 0 fully saturated rings. The standard InChI is InChI=1S/C14H19NO2S2/c1-4-15-13(10(2)19(3,16)17)12-7-5-6-11-8-9-18-14(11)12/h5-10,13,15H,4H2,1-3H3. The van der Waals surface area contributed by atoms with Gasteiger partial charge in [-0.3, -0.25) is 0 Å². The molecule has 3 nitrogen and oxygen atoms in total. The van der Waals surface area contributed by atoms with Gasteiger partial charge in [-0.2, -0.15) is 0 Å². The molecule has 104 valence electrons. The summed E-state index contributed by atoms with van der Waals surface area (Å²) in [5.74, 6) is 0. The van der Waals surface area contributed by atoms with Crippen molar-refractivity contribution in [2.24, 2.45) is 0 Å². The van der Waals surface area contributed by atoms with E-state index in [0.29, 0.717) is 0 Å². The Bertz CT molecular complexity index is 661. The molecule has 2 aromatic rings. The van der Waals surface area contributed by atoms with Crippen LogP contribution in [0, 0.1) is 0 Å². The lowest BCUT2D eigenvalue weighted by Crippen LogP contribution is -2.35. The summed E-state index contributed by atoms with van der Waals surface area (Å²) >= 11 is 1.66. The van der Waals surface area contributed by atoms with Crippen molar-refractivity contribution in [2.45, 2.75) is 25.1 Å². The lowest BCUT2D eigenvalue weighted by Gasteiger charge is -2.24. The van der Waals surface area contributed by atoms with Crippen LogP contribution in [0.15, 0.2) is 29.6 Å². The molecule has 0 radical (unpaired) electrons. The quantitative estimate of drug-likeness (QED) is 0.923. The van der Waals surface area contributed by atoms with Crippen LogP contribution in [0.25, 0.3) is 10.1 Å². The van der Waals surface area contributed by atoms with Crippen molar-refractivity contribution in [2.75, 3.05) is 12.8 Å². The fraction of sp³-hybridized carbons (Fsp3) is 0.429. The average Bonchev–Trinajstić information content (AvgIpc) is 2.82. The van der Waals surface area contributed by atoms with Crippen molar-refractivity contribution < 1.29 is 8.42 Å². The van der Waals surface area contributed by atoms with E-state index in [1.54, 1.807) is 18.3 Å². The summed E-state index contributed by atoms with van der Waals surface area (Å²) in [7, 11) is -3.08. The Labute approximate surface area is 118 Å². The van der Waals surface area contributed by atoms with Crippen molar-refractivity contribution in [3.05, 3.63) is 35.2 Å². The highest BCUT2D eigenvalue weighted by Crippen LogP contribution is 2.32. The average molecular weight is 297 g/mol. The van der Waals surface area contributed by atoms with Gasteiger partial charge in [-0.15, -0.1) is 11.3 Å². The van der Waals surface area contributed by atoms with E-state index in [9.17, 15) is 8.42 Å². The zero-order valence-corrected chi connectivity index (χ0v) is 13.0. The summed E-state index contributed by atoms with van der Waals surface area (Å²) in [6.07, 6.45) is 1.30. The van der Waals surface area contributed by atoms with Crippen molar-refractivity contribution in [3.8, 4) is 0 Å². The summed E-state index contributed by atoms with van der Waals surface area (Å²) in [5, 5.41) is 6.09. The predicted octanol–water partition coefficient (Wildman–Crippen LogP) is 2.99. The highest BCUT2D eigenvalue weighted by molar-refractivity contribution is 7.91. The van der Waals surface area contributed by atoms with Crippen molar-refractivity contribution in [1.29, 1.82) is 0 Å². The largest absolute Gasteiger partial charge is 0.309 e. The highest BCUT2D eigenvalue weighted by atomic mass is 32.2. The van der Waals surface area contributed by atoms with E-state index in [4.69, 9.17) is 0 Å². The van der Waals surface area contributed by atoms with Gasteiger partial charge in [0.2, 0.25) is 0 Å². The van der Waals surface area contributed by atoms with E-state index >= 15 is 0 Å². The third-order valence-corrected chi connectivity index (χ3v) is 6.02. The first-order chi connectivity index (χ1) is 8.95. The first kappa shape index (κ1) is 14.5. The van der Waals surface area contributed by atoms with E-state index < -0.39 is 15.1 Å². The SMILES string of the molecule is CCNC(c1cccc2ccsc12)C(C)S(C)(=O)=O. The number of sulfone groups is 1. The minimum absolute atomic E-state index is 0.164. The molecule has 0 aliphatic carbocycles. The first-order valence-corrected chi connectivity index (χ1v) is 9.17. The molecule has 0 bridgehead atoms. The van der Waals surface area contributed by atoms with Crippen LogP contribution in [0.3, 0.4) is 0 Å². The molecule has 1 heterocycles. The molecule has 5 heteroatoms. The molecule has 0 spiro atoms. The first-order valence-electron chi connectivity index (χ1n) is 6.33. The number of hydrogen-bond acceptors (Lipinski definition) is 4. The van der Waals surface area contributed by atoms with Gasteiger partial charge < -0.3 is 5.32 Å². The number of benzene rings is 1. The number of thiophene rings is 1. The number of rotatable bonds is 5. The highest BCUT2D eigenvalue weighted by Gasteiger charge is 2.28. The monoisotopic (exact) mass is 297 g/mol. The number of fused-ring (bicyclic) bond motifs is 1. The van der Waals surface area contributed by atoms with Gasteiger partial charge in [-0.25, -0.2) is 8.42 Å². The van der Waals surface area contributed by atoms with Crippen molar-refractivity contribution in [3.63, 3.8) is 0 Å². The molecule has 1 aromatic carbocycles. The fourth-order valence-corrected chi connectivity index (χ4v) is 3.95. The maximum Gasteiger partial charge on any atom is 0.151 e. The van der Waals surface area contributed by atoms with Crippen LogP contribution < -0.4 is 5.32 Å². The predicted molar refractivity (Wildman–Crippen MR) is 82.5 cm³/mol. The second kappa shape index (κ2) is 5.61. The van der Waals surface area contributed by atoms with Crippen LogP contribution >= 0.6 is 11.3 Å². The maximum atomic E-state index is 11.9. The van der Waals surface area contributed by atoms with Gasteiger partial charge in [0.1, 0.15) is 0 Å². The molecule has 0 aliphatic rings. The van der Waals surface area contributed by atoms with Gasteiger partial charge in [0.15, 0.2) is 9.84 Å². The lowest BCUT2D eigenvalue weighted by atomic mass is 10.0. The normalized spacial score (nSPS) is 15.5. The summed E-state index contributed by atoms with van der Waals surface area (Å²) in [6, 6.07) is 7.97. The summed E-state index contributed by atoms with van der Waals surface area (Å²) in [4.78, 5) is 0. The van der Waals surface area contributed by atoms with Crippen LogP contribution in [0.1, 0.15) is 25.5 Å². The Morgan fingerprint density at radius 2 is 2.05 bits per heavy atom. The van der Waals surface area contributed by atoms with Crippen molar-refractivity contribution in [1.82, 2.24) is 5.32 Å². The Morgan fingerprint density at radius 1 is 1.32 bits per heavy atom. The van der Waals surface area contributed by atoms with Gasteiger partial charge >= 0.3 is 0 Å². The van der Waals surface area contributed by atoms with E-state index in [1.165, 1.54) is 16.3 Å². The summed E-state index contributed by atoms with van der Waals surface area (Å²) in [5.41, 5.74) is 1.08. The zero-order valence-electron chi connectivity index (χ0n) is 11.4. The molecule has 19 heavy (non-hydrogen) atoms. The molecule has 1 aromatic heterocycles. The molecule has 0 amide bonds. The fourth-order valence-electron chi connectivity index (χ4n) is 2.26. The van der Waals surface area contributed by atoms with Crippen LogP contribution in [-0.4, -0.2) is 26.5 Å². The zero-order chi connectivity index (χ0) is 14.0. The molecule has 0 saturated heterocycles. The Kier molecular flexibility index (Phi) is 4.28. The molecule has 2 rings (SSSR count). The topological polar surface area (TPSA) is 46.2 Å². The van der Waals surface area contributed by atoms with Gasteiger partial charge in [-0.05, 0) is 35.9 Å². The van der Waals surface area contributed by atoms with Crippen molar-refractivity contribution >= 4 is 31.3 Å². The van der Waals surface area contributed by atoms with Crippen LogP contribution in [0.5, 0.6) is 0 Å². The van der Waals surface area contributed by atoms with Gasteiger partial charge in [0, 0.05) is 11.0 Å². The Morgan fingerprint density at radius 3 is 2.68 bits per heavy atom. The van der Waals surface area contributed by atoms with E-state index in [1.807, 2.05) is 24.4 Å². The van der Waals surface area contributed by atoms with Gasteiger partial charge in [0.05, 0.1) is 11.3 Å². The molecule has 0 saturated carbocycles. The van der Waals surface area contributed by atoms with Crippen LogP contribution in [0.4, 0.5) is 0 Å². The van der Waals surface area contributed by atoms with Gasteiger partial charge in [-0.1, -0.05) is 25.1 Å². The molecule has 2 unspecified atom stereocenters. The molecular weight excluding hydrogens is 278 g/mol. The van der Waals surface area contributed by atoms with E-state index in [0.717, 1.165) is 12.1 Å². The van der Waals surface area contributed by atoms with Gasteiger partial charge in [0.25, 0.3) is 0 Å². The minimum Gasteiger partial charge on any atom is -0.309 e. The van der Waals surface area contributed by atoms with E-state index in [2.05, 4.69) is 17.4 Å². The summed E-state index contributed by atoms with van der Waals surface area (Å²) < 4.78 is 24.9. The second-order valence-corrected chi connectivity index (χ2v) is 8.07. The lowest BCUT2D eigenvalue weighted by molar-refractivity contribution is 0.515. The Balaban J connectivity index is 2.53. The second-order valence-electron chi connectivity index (χ2n) is 4.76. The third-order valence-electron chi connectivity index (χ3n) is 3.41. The molecule has 2 atom stereocenters. The smallest absolute Gasteiger partial charge is 0.151 e. The number of hydrogen-bond donors (Lipinski definition) is 1. The third kappa shape index (κ3) is 2.99. The Hall–Kier alpha value is -0.910. The van der Waals surface area contributed by atoms with Crippen LogP contribution in [-0.2, 0) is 9.84 Å². The molecular formula is C14H19NO2S2. The van der Waals surface area contributed by atoms with Crippen LogP contribution in [0.2, 0.25) is 0 Å². The number of nitrogens with one attached hydrogen (secondary N) is 1. The molecule has 1 N–H and O–H groups in total.